The zero-order valence-corrected chi connectivity index (χ0v) is 14.0. The highest BCUT2D eigenvalue weighted by Crippen LogP contribution is 2.25. The number of aliphatic hydroxyl groups excluding tert-OH is 1. The summed E-state index contributed by atoms with van der Waals surface area (Å²) < 4.78 is 6.07. The van der Waals surface area contributed by atoms with Gasteiger partial charge in [-0.1, -0.05) is 35.0 Å². The predicted octanol–water partition coefficient (Wildman–Crippen LogP) is 3.57. The fraction of sp³-hybridized carbons (Fsp3) is 0.533. The number of benzene rings is 1. The number of hydrogen-bond donors (Lipinski definition) is 2. The standard InChI is InChI=1S/C15H22BrNO3/c1-5-10-6-7-11(12(16)8-10)13(9-18)17-14(19)20-15(2,3)4/h6-8,13,18H,5,9H2,1-4H3,(H,17,19). The molecule has 4 nitrogen and oxygen atoms in total. The summed E-state index contributed by atoms with van der Waals surface area (Å²) in [5, 5.41) is 12.2. The summed E-state index contributed by atoms with van der Waals surface area (Å²) in [6.45, 7) is 7.28. The molecular formula is C15H22BrNO3. The van der Waals surface area contributed by atoms with Gasteiger partial charge in [-0.25, -0.2) is 4.79 Å². The summed E-state index contributed by atoms with van der Waals surface area (Å²) in [5.74, 6) is 0. The highest BCUT2D eigenvalue weighted by molar-refractivity contribution is 9.10. The molecule has 5 heteroatoms. The monoisotopic (exact) mass is 343 g/mol. The van der Waals surface area contributed by atoms with E-state index >= 15 is 0 Å². The molecule has 1 aromatic rings. The van der Waals surface area contributed by atoms with Gasteiger partial charge in [0.1, 0.15) is 5.60 Å². The van der Waals surface area contributed by atoms with Crippen molar-refractivity contribution in [2.24, 2.45) is 0 Å². The van der Waals surface area contributed by atoms with Gasteiger partial charge in [0.25, 0.3) is 0 Å². The van der Waals surface area contributed by atoms with Gasteiger partial charge >= 0.3 is 6.09 Å². The van der Waals surface area contributed by atoms with Gasteiger partial charge in [-0.15, -0.1) is 0 Å². The minimum atomic E-state index is -0.562. The molecule has 0 spiro atoms. The molecule has 0 fully saturated rings. The Morgan fingerprint density at radius 2 is 2.10 bits per heavy atom. The zero-order valence-electron chi connectivity index (χ0n) is 12.4. The van der Waals surface area contributed by atoms with E-state index in [1.807, 2.05) is 18.2 Å². The number of carbonyl (C=O) groups is 1. The Morgan fingerprint density at radius 3 is 2.55 bits per heavy atom. The minimum absolute atomic E-state index is 0.191. The van der Waals surface area contributed by atoms with E-state index in [9.17, 15) is 9.90 Å². The second-order valence-electron chi connectivity index (χ2n) is 5.59. The normalized spacial score (nSPS) is 12.9. The summed E-state index contributed by atoms with van der Waals surface area (Å²) in [5.41, 5.74) is 1.46. The molecule has 0 bridgehead atoms. The molecule has 0 saturated heterocycles. The van der Waals surface area contributed by atoms with Crippen LogP contribution in [0.3, 0.4) is 0 Å². The maximum absolute atomic E-state index is 11.8. The van der Waals surface area contributed by atoms with Crippen molar-refractivity contribution in [2.45, 2.75) is 45.8 Å². The van der Waals surface area contributed by atoms with E-state index in [4.69, 9.17) is 4.74 Å². The van der Waals surface area contributed by atoms with Gasteiger partial charge in [0.2, 0.25) is 0 Å². The Kier molecular flexibility index (Phi) is 6.02. The van der Waals surface area contributed by atoms with Gasteiger partial charge in [-0.2, -0.15) is 0 Å². The van der Waals surface area contributed by atoms with Gasteiger partial charge in [0.05, 0.1) is 12.6 Å². The molecule has 2 N–H and O–H groups in total. The van der Waals surface area contributed by atoms with Gasteiger partial charge in [0.15, 0.2) is 0 Å². The first-order valence-corrected chi connectivity index (χ1v) is 7.44. The number of aliphatic hydroxyl groups is 1. The number of alkyl carbamates (subject to hydrolysis) is 1. The number of amides is 1. The molecule has 112 valence electrons. The molecule has 1 atom stereocenters. The summed E-state index contributed by atoms with van der Waals surface area (Å²) in [7, 11) is 0. The van der Waals surface area contributed by atoms with Gasteiger partial charge in [0, 0.05) is 4.47 Å². The first kappa shape index (κ1) is 17.0. The Hall–Kier alpha value is -1.07. The number of rotatable bonds is 4. The van der Waals surface area contributed by atoms with Crippen molar-refractivity contribution in [1.29, 1.82) is 0 Å². The summed E-state index contributed by atoms with van der Waals surface area (Å²) in [6, 6.07) is 5.39. The van der Waals surface area contributed by atoms with Crippen LogP contribution in [-0.4, -0.2) is 23.4 Å². The van der Waals surface area contributed by atoms with Crippen LogP contribution in [0.5, 0.6) is 0 Å². The lowest BCUT2D eigenvalue weighted by Crippen LogP contribution is -2.36. The second-order valence-corrected chi connectivity index (χ2v) is 6.45. The van der Waals surface area contributed by atoms with Gasteiger partial charge in [-0.05, 0) is 44.4 Å². The van der Waals surface area contributed by atoms with Crippen molar-refractivity contribution in [3.63, 3.8) is 0 Å². The number of ether oxygens (including phenoxy) is 1. The third-order valence-electron chi connectivity index (χ3n) is 2.72. The lowest BCUT2D eigenvalue weighted by atomic mass is 10.0. The summed E-state index contributed by atoms with van der Waals surface area (Å²) in [6.07, 6.45) is 0.394. The van der Waals surface area contributed by atoms with Crippen LogP contribution < -0.4 is 5.32 Å². The van der Waals surface area contributed by atoms with Crippen LogP contribution in [0.25, 0.3) is 0 Å². The van der Waals surface area contributed by atoms with Gasteiger partial charge in [-0.3, -0.25) is 0 Å². The Labute approximate surface area is 128 Å². The van der Waals surface area contributed by atoms with E-state index in [0.29, 0.717) is 0 Å². The molecule has 0 radical (unpaired) electrons. The Bertz CT molecular complexity index is 469. The fourth-order valence-corrected chi connectivity index (χ4v) is 2.45. The van der Waals surface area contributed by atoms with Crippen LogP contribution in [-0.2, 0) is 11.2 Å². The third-order valence-corrected chi connectivity index (χ3v) is 3.41. The Morgan fingerprint density at radius 1 is 1.45 bits per heavy atom. The summed E-state index contributed by atoms with van der Waals surface area (Å²) in [4.78, 5) is 11.8. The SMILES string of the molecule is CCc1ccc(C(CO)NC(=O)OC(C)(C)C)c(Br)c1. The molecule has 1 amide bonds. The molecule has 0 aromatic heterocycles. The average Bonchev–Trinajstić information content (AvgIpc) is 2.34. The van der Waals surface area contributed by atoms with Crippen molar-refractivity contribution in [2.75, 3.05) is 6.61 Å². The highest BCUT2D eigenvalue weighted by atomic mass is 79.9. The van der Waals surface area contributed by atoms with Crippen LogP contribution in [0.4, 0.5) is 4.79 Å². The second kappa shape index (κ2) is 7.09. The van der Waals surface area contributed by atoms with E-state index in [1.54, 1.807) is 20.8 Å². The number of halogens is 1. The minimum Gasteiger partial charge on any atom is -0.444 e. The maximum Gasteiger partial charge on any atom is 0.408 e. The molecule has 0 saturated carbocycles. The first-order valence-electron chi connectivity index (χ1n) is 6.65. The van der Waals surface area contributed by atoms with E-state index in [-0.39, 0.29) is 6.61 Å². The van der Waals surface area contributed by atoms with Crippen molar-refractivity contribution >= 4 is 22.0 Å². The predicted molar refractivity (Wildman–Crippen MR) is 82.7 cm³/mol. The van der Waals surface area contributed by atoms with Crippen molar-refractivity contribution < 1.29 is 14.6 Å². The van der Waals surface area contributed by atoms with E-state index in [1.165, 1.54) is 5.56 Å². The van der Waals surface area contributed by atoms with Gasteiger partial charge < -0.3 is 15.2 Å². The average molecular weight is 344 g/mol. The number of aryl methyl sites for hydroxylation is 1. The maximum atomic E-state index is 11.8. The molecule has 0 heterocycles. The lowest BCUT2D eigenvalue weighted by Gasteiger charge is -2.23. The molecule has 0 aliphatic carbocycles. The number of hydrogen-bond acceptors (Lipinski definition) is 3. The Balaban J connectivity index is 2.83. The van der Waals surface area contributed by atoms with Crippen molar-refractivity contribution in [3.8, 4) is 0 Å². The van der Waals surface area contributed by atoms with E-state index < -0.39 is 17.7 Å². The van der Waals surface area contributed by atoms with Crippen LogP contribution in [0.2, 0.25) is 0 Å². The lowest BCUT2D eigenvalue weighted by molar-refractivity contribution is 0.0481. The molecular weight excluding hydrogens is 322 g/mol. The number of nitrogens with one attached hydrogen (secondary N) is 1. The fourth-order valence-electron chi connectivity index (χ4n) is 1.74. The van der Waals surface area contributed by atoms with E-state index in [0.717, 1.165) is 16.5 Å². The molecule has 1 aromatic carbocycles. The quantitative estimate of drug-likeness (QED) is 0.878. The number of carbonyl (C=O) groups excluding carboxylic acids is 1. The van der Waals surface area contributed by atoms with Crippen LogP contribution in [0, 0.1) is 0 Å². The first-order chi connectivity index (χ1) is 9.26. The third kappa shape index (κ3) is 5.13. The largest absolute Gasteiger partial charge is 0.444 e. The van der Waals surface area contributed by atoms with Crippen LogP contribution >= 0.6 is 15.9 Å². The van der Waals surface area contributed by atoms with Crippen molar-refractivity contribution in [3.05, 3.63) is 33.8 Å². The van der Waals surface area contributed by atoms with Crippen LogP contribution in [0.1, 0.15) is 44.9 Å². The molecule has 1 unspecified atom stereocenters. The zero-order chi connectivity index (χ0) is 15.3. The molecule has 20 heavy (non-hydrogen) atoms. The smallest absolute Gasteiger partial charge is 0.408 e. The molecule has 0 aliphatic heterocycles. The van der Waals surface area contributed by atoms with Crippen LogP contribution in [0.15, 0.2) is 22.7 Å². The molecule has 1 rings (SSSR count). The summed E-state index contributed by atoms with van der Waals surface area (Å²) >= 11 is 3.48. The van der Waals surface area contributed by atoms with Crippen molar-refractivity contribution in [1.82, 2.24) is 5.32 Å². The van der Waals surface area contributed by atoms with E-state index in [2.05, 4.69) is 28.2 Å². The highest BCUT2D eigenvalue weighted by Gasteiger charge is 2.21. The topological polar surface area (TPSA) is 58.6 Å². The molecule has 0 aliphatic rings.